The van der Waals surface area contributed by atoms with E-state index in [0.717, 1.165) is 16.7 Å². The maximum absolute atomic E-state index is 13.7. The number of fused-ring (bicyclic) bond motifs is 2. The molecule has 0 spiro atoms. The van der Waals surface area contributed by atoms with Crippen LogP contribution < -0.4 is 14.9 Å². The van der Waals surface area contributed by atoms with E-state index in [4.69, 9.17) is 18.6 Å². The van der Waals surface area contributed by atoms with Crippen molar-refractivity contribution in [3.8, 4) is 11.5 Å². The Kier molecular flexibility index (Phi) is 6.75. The highest BCUT2D eigenvalue weighted by atomic mass is 16.5. The average molecular weight is 464 g/mol. The van der Waals surface area contributed by atoms with Crippen molar-refractivity contribution in [3.05, 3.63) is 81.2 Å². The Morgan fingerprint density at radius 1 is 1.09 bits per heavy atom. The molecule has 1 aliphatic heterocycles. The van der Waals surface area contributed by atoms with Crippen molar-refractivity contribution in [1.29, 1.82) is 0 Å². The largest absolute Gasteiger partial charge is 0.493 e. The quantitative estimate of drug-likeness (QED) is 0.342. The van der Waals surface area contributed by atoms with E-state index in [2.05, 4.69) is 6.58 Å². The molecule has 0 N–H and O–H groups in total. The normalized spacial score (nSPS) is 15.0. The topological polar surface area (TPSA) is 78.2 Å². The van der Waals surface area contributed by atoms with Crippen molar-refractivity contribution < 1.29 is 23.4 Å². The number of benzene rings is 2. The zero-order chi connectivity index (χ0) is 24.4. The summed E-state index contributed by atoms with van der Waals surface area (Å²) < 4.78 is 22.5. The van der Waals surface area contributed by atoms with Gasteiger partial charge in [0.25, 0.3) is 5.91 Å². The predicted octanol–water partition coefficient (Wildman–Crippen LogP) is 4.56. The van der Waals surface area contributed by atoms with Crippen molar-refractivity contribution >= 4 is 16.9 Å². The second-order valence-corrected chi connectivity index (χ2v) is 8.36. The van der Waals surface area contributed by atoms with Gasteiger partial charge in [0.15, 0.2) is 16.9 Å². The van der Waals surface area contributed by atoms with Crippen LogP contribution in [0.5, 0.6) is 11.5 Å². The second-order valence-electron chi connectivity index (χ2n) is 8.36. The molecule has 1 atom stereocenters. The van der Waals surface area contributed by atoms with E-state index in [-0.39, 0.29) is 17.1 Å². The van der Waals surface area contributed by atoms with Gasteiger partial charge in [-0.25, -0.2) is 0 Å². The number of methoxy groups -OCH3 is 2. The summed E-state index contributed by atoms with van der Waals surface area (Å²) in [4.78, 5) is 28.9. The molecule has 1 aromatic heterocycles. The van der Waals surface area contributed by atoms with Crippen LogP contribution in [0.3, 0.4) is 0 Å². The molecule has 0 fully saturated rings. The number of aryl methyl sites for hydroxylation is 2. The number of nitrogens with zero attached hydrogens (tertiary/aromatic N) is 1. The summed E-state index contributed by atoms with van der Waals surface area (Å²) in [6, 6.07) is 8.48. The summed E-state index contributed by atoms with van der Waals surface area (Å²) in [6.07, 6.45) is 2.27. The molecule has 0 aliphatic carbocycles. The molecule has 1 aliphatic rings. The first-order valence-corrected chi connectivity index (χ1v) is 11.2. The molecule has 1 unspecified atom stereocenters. The van der Waals surface area contributed by atoms with Crippen LogP contribution in [0.25, 0.3) is 11.0 Å². The number of rotatable bonds is 9. The molecule has 178 valence electrons. The highest BCUT2D eigenvalue weighted by Gasteiger charge is 2.42. The number of carbonyl (C=O) groups is 1. The van der Waals surface area contributed by atoms with Crippen LogP contribution in [0.1, 0.15) is 45.3 Å². The SMILES string of the molecule is C=CCOc1ccc(C2c3c(oc4cc(C)c(C)cc4c3=O)C(=O)N2CCCOC)cc1OC. The minimum atomic E-state index is -0.607. The molecule has 2 aromatic carbocycles. The molecular formula is C27H29NO6. The Morgan fingerprint density at radius 2 is 1.85 bits per heavy atom. The summed E-state index contributed by atoms with van der Waals surface area (Å²) in [5, 5.41) is 0.469. The molecule has 1 amide bonds. The van der Waals surface area contributed by atoms with Gasteiger partial charge in [0.05, 0.1) is 24.1 Å². The van der Waals surface area contributed by atoms with Gasteiger partial charge in [-0.15, -0.1) is 0 Å². The van der Waals surface area contributed by atoms with Gasteiger partial charge >= 0.3 is 0 Å². The maximum Gasteiger partial charge on any atom is 0.290 e. The lowest BCUT2D eigenvalue weighted by atomic mass is 9.97. The number of carbonyl (C=O) groups excluding carboxylic acids is 1. The van der Waals surface area contributed by atoms with Crippen LogP contribution in [0.15, 0.2) is 52.2 Å². The van der Waals surface area contributed by atoms with Gasteiger partial charge < -0.3 is 23.5 Å². The fourth-order valence-electron chi connectivity index (χ4n) is 4.35. The Labute approximate surface area is 198 Å². The monoisotopic (exact) mass is 463 g/mol. The van der Waals surface area contributed by atoms with E-state index in [1.54, 1.807) is 37.3 Å². The first-order chi connectivity index (χ1) is 16.4. The minimum Gasteiger partial charge on any atom is -0.493 e. The van der Waals surface area contributed by atoms with Crippen molar-refractivity contribution in [3.63, 3.8) is 0 Å². The molecule has 3 aromatic rings. The molecule has 0 radical (unpaired) electrons. The smallest absolute Gasteiger partial charge is 0.290 e. The van der Waals surface area contributed by atoms with E-state index >= 15 is 0 Å². The van der Waals surface area contributed by atoms with Crippen molar-refractivity contribution in [2.75, 3.05) is 34.0 Å². The highest BCUT2D eigenvalue weighted by molar-refractivity contribution is 5.99. The second kappa shape index (κ2) is 9.73. The molecule has 7 nitrogen and oxygen atoms in total. The summed E-state index contributed by atoms with van der Waals surface area (Å²) >= 11 is 0. The van der Waals surface area contributed by atoms with Crippen molar-refractivity contribution in [2.45, 2.75) is 26.3 Å². The molecule has 0 saturated heterocycles. The van der Waals surface area contributed by atoms with Gasteiger partial charge in [-0.3, -0.25) is 9.59 Å². The Morgan fingerprint density at radius 3 is 2.56 bits per heavy atom. The van der Waals surface area contributed by atoms with E-state index in [9.17, 15) is 9.59 Å². The third kappa shape index (κ3) is 4.07. The van der Waals surface area contributed by atoms with E-state index in [1.807, 2.05) is 32.0 Å². The van der Waals surface area contributed by atoms with E-state index < -0.39 is 6.04 Å². The van der Waals surface area contributed by atoms with Gasteiger partial charge in [-0.05, 0) is 61.2 Å². The standard InChI is InChI=1S/C27H29NO6/c1-6-11-33-20-9-8-18(15-22(20)32-5)24-23-25(29)19-13-16(2)17(3)14-21(19)34-26(23)27(30)28(24)10-7-12-31-4/h6,8-9,13-15,24H,1,7,10-12H2,2-5H3. The number of ether oxygens (including phenoxy) is 3. The summed E-state index contributed by atoms with van der Waals surface area (Å²) in [5.41, 5.74) is 3.29. The Hall–Kier alpha value is -3.58. The van der Waals surface area contributed by atoms with Crippen molar-refractivity contribution in [1.82, 2.24) is 4.90 Å². The van der Waals surface area contributed by atoms with Gasteiger partial charge in [0.2, 0.25) is 5.76 Å². The first kappa shape index (κ1) is 23.6. The van der Waals surface area contributed by atoms with E-state index in [0.29, 0.717) is 54.2 Å². The van der Waals surface area contributed by atoms with E-state index in [1.165, 1.54) is 0 Å². The molecule has 4 rings (SSSR count). The first-order valence-electron chi connectivity index (χ1n) is 11.2. The summed E-state index contributed by atoms with van der Waals surface area (Å²) in [6.45, 7) is 8.81. The van der Waals surface area contributed by atoms with Gasteiger partial charge in [-0.1, -0.05) is 18.7 Å². The molecule has 7 heteroatoms. The fourth-order valence-corrected chi connectivity index (χ4v) is 4.35. The van der Waals surface area contributed by atoms with Gasteiger partial charge in [0.1, 0.15) is 12.2 Å². The number of hydrogen-bond donors (Lipinski definition) is 0. The molecule has 0 saturated carbocycles. The third-order valence-corrected chi connectivity index (χ3v) is 6.19. The van der Waals surface area contributed by atoms with Gasteiger partial charge in [-0.2, -0.15) is 0 Å². The lowest BCUT2D eigenvalue weighted by Gasteiger charge is -2.25. The molecule has 2 heterocycles. The van der Waals surface area contributed by atoms with Crippen LogP contribution in [-0.2, 0) is 4.74 Å². The minimum absolute atomic E-state index is 0.0918. The number of hydrogen-bond acceptors (Lipinski definition) is 6. The van der Waals surface area contributed by atoms with Crippen LogP contribution in [0.2, 0.25) is 0 Å². The van der Waals surface area contributed by atoms with Gasteiger partial charge in [0, 0.05) is 20.3 Å². The Bertz CT molecular complexity index is 1310. The van der Waals surface area contributed by atoms with Crippen molar-refractivity contribution in [2.24, 2.45) is 0 Å². The van der Waals surface area contributed by atoms with Crippen LogP contribution in [0.4, 0.5) is 0 Å². The summed E-state index contributed by atoms with van der Waals surface area (Å²) in [5.74, 6) is 0.848. The highest BCUT2D eigenvalue weighted by Crippen LogP contribution is 2.41. The van der Waals surface area contributed by atoms with Crippen LogP contribution in [0, 0.1) is 13.8 Å². The molecule has 0 bridgehead atoms. The average Bonchev–Trinajstić information content (AvgIpc) is 3.11. The predicted molar refractivity (Wildman–Crippen MR) is 130 cm³/mol. The maximum atomic E-state index is 13.7. The lowest BCUT2D eigenvalue weighted by Crippen LogP contribution is -2.31. The third-order valence-electron chi connectivity index (χ3n) is 6.19. The zero-order valence-electron chi connectivity index (χ0n) is 20.0. The number of amides is 1. The molecular weight excluding hydrogens is 434 g/mol. The lowest BCUT2D eigenvalue weighted by molar-refractivity contribution is 0.0707. The summed E-state index contributed by atoms with van der Waals surface area (Å²) in [7, 11) is 3.17. The molecule has 34 heavy (non-hydrogen) atoms. The van der Waals surface area contributed by atoms with Crippen LogP contribution >= 0.6 is 0 Å². The Balaban J connectivity index is 1.90. The van der Waals surface area contributed by atoms with Crippen LogP contribution in [-0.4, -0.2) is 44.8 Å². The fraction of sp³-hybridized carbons (Fsp3) is 0.333. The zero-order valence-corrected chi connectivity index (χ0v) is 20.0.